The molecule has 36 heavy (non-hydrogen) atoms. The van der Waals surface area contributed by atoms with E-state index in [1.54, 1.807) is 0 Å². The molecule has 0 aliphatic carbocycles. The molecule has 0 saturated carbocycles. The molecule has 2 N–H and O–H groups in total. The highest BCUT2D eigenvalue weighted by molar-refractivity contribution is 5.67. The number of carbonyl (C=O) groups excluding carboxylic acids is 1. The second kappa shape index (κ2) is 23.5. The van der Waals surface area contributed by atoms with Crippen LogP contribution in [0.5, 0.6) is 0 Å². The quantitative estimate of drug-likeness (QED) is 0.0829. The molecular formula is C29H53NO6. The van der Waals surface area contributed by atoms with E-state index < -0.39 is 17.9 Å². The lowest BCUT2D eigenvalue weighted by molar-refractivity contribution is -0.927. The molecule has 0 fully saturated rings. The summed E-state index contributed by atoms with van der Waals surface area (Å²) in [4.78, 5) is 33.2. The van der Waals surface area contributed by atoms with Crippen molar-refractivity contribution in [3.05, 3.63) is 12.2 Å². The van der Waals surface area contributed by atoms with E-state index in [9.17, 15) is 19.5 Å². The molecule has 0 aliphatic rings. The van der Waals surface area contributed by atoms with E-state index in [0.29, 0.717) is 6.54 Å². The van der Waals surface area contributed by atoms with E-state index in [1.807, 2.05) is 0 Å². The third kappa shape index (κ3) is 22.6. The van der Waals surface area contributed by atoms with Crippen LogP contribution < -0.4 is 5.11 Å². The van der Waals surface area contributed by atoms with Crippen LogP contribution in [0.1, 0.15) is 129 Å². The fourth-order valence-corrected chi connectivity index (χ4v) is 4.78. The summed E-state index contributed by atoms with van der Waals surface area (Å²) in [5, 5.41) is 29.2. The van der Waals surface area contributed by atoms with E-state index in [4.69, 9.17) is 10.2 Å². The van der Waals surface area contributed by atoms with E-state index in [0.717, 1.165) is 25.7 Å². The summed E-state index contributed by atoms with van der Waals surface area (Å²) in [6.07, 6.45) is 23.9. The van der Waals surface area contributed by atoms with Crippen molar-refractivity contribution in [1.82, 2.24) is 0 Å². The lowest BCUT2D eigenvalue weighted by atomic mass is 10.0. The van der Waals surface area contributed by atoms with E-state index in [-0.39, 0.29) is 43.4 Å². The largest absolute Gasteiger partial charge is 0.550 e. The van der Waals surface area contributed by atoms with E-state index >= 15 is 0 Å². The highest BCUT2D eigenvalue weighted by Crippen LogP contribution is 2.17. The second-order valence-corrected chi connectivity index (χ2v) is 10.3. The Morgan fingerprint density at radius 2 is 0.972 bits per heavy atom. The van der Waals surface area contributed by atoms with Crippen molar-refractivity contribution in [3.63, 3.8) is 0 Å². The molecule has 0 aliphatic heterocycles. The summed E-state index contributed by atoms with van der Waals surface area (Å²) in [6, 6.07) is 0. The molecule has 210 valence electrons. The first-order valence-electron chi connectivity index (χ1n) is 14.4. The summed E-state index contributed by atoms with van der Waals surface area (Å²) < 4.78 is 0.225. The Labute approximate surface area is 219 Å². The second-order valence-electron chi connectivity index (χ2n) is 10.3. The van der Waals surface area contributed by atoms with Crippen molar-refractivity contribution < 1.29 is 34.2 Å². The first-order valence-corrected chi connectivity index (χ1v) is 14.4. The molecule has 0 aromatic heterocycles. The Bertz CT molecular complexity index is 559. The Morgan fingerprint density at radius 1 is 0.583 bits per heavy atom. The molecule has 0 unspecified atom stereocenters. The summed E-state index contributed by atoms with van der Waals surface area (Å²) in [7, 11) is 0. The number of carbonyl (C=O) groups is 3. The molecule has 0 spiro atoms. The molecule has 7 nitrogen and oxygen atoms in total. The van der Waals surface area contributed by atoms with Gasteiger partial charge in [0.1, 0.15) is 0 Å². The summed E-state index contributed by atoms with van der Waals surface area (Å²) >= 11 is 0. The van der Waals surface area contributed by atoms with Crippen molar-refractivity contribution in [2.24, 2.45) is 0 Å². The predicted molar refractivity (Wildman–Crippen MR) is 143 cm³/mol. The van der Waals surface area contributed by atoms with Crippen LogP contribution in [-0.2, 0) is 14.4 Å². The van der Waals surface area contributed by atoms with Crippen LogP contribution >= 0.6 is 0 Å². The fraction of sp³-hybridized carbons (Fsp3) is 0.828. The van der Waals surface area contributed by atoms with Crippen molar-refractivity contribution in [2.75, 3.05) is 26.2 Å². The zero-order valence-corrected chi connectivity index (χ0v) is 22.9. The summed E-state index contributed by atoms with van der Waals surface area (Å²) in [6.45, 7) is 3.52. The monoisotopic (exact) mass is 511 g/mol. The Kier molecular flexibility index (Phi) is 22.3. The fourth-order valence-electron chi connectivity index (χ4n) is 4.78. The van der Waals surface area contributed by atoms with Crippen LogP contribution in [0.2, 0.25) is 0 Å². The van der Waals surface area contributed by atoms with Crippen LogP contribution in [0, 0.1) is 0 Å². The third-order valence-electron chi connectivity index (χ3n) is 7.05. The van der Waals surface area contributed by atoms with Gasteiger partial charge in [0.25, 0.3) is 0 Å². The SMILES string of the molecule is CC/C=C/CCCCCCCCCCCCCCCC[N+](CCC(=O)[O-])(CCC(=O)O)CCC(=O)O. The van der Waals surface area contributed by atoms with Gasteiger partial charge in [-0.15, -0.1) is 0 Å². The number of hydrogen-bond donors (Lipinski definition) is 2. The number of nitrogens with zero attached hydrogens (tertiary/aromatic N) is 1. The number of carboxylic acids is 3. The molecule has 7 heteroatoms. The molecule has 0 bridgehead atoms. The number of carboxylic acid groups (broad SMARTS) is 3. The minimum Gasteiger partial charge on any atom is -0.550 e. The number of quaternary nitrogens is 1. The standard InChI is InChI=1S/C29H53NO6/c1-2-3-4-5-6-7-8-9-10-11-12-13-14-15-16-17-18-19-23-30(24-20-27(31)32,25-21-28(33)34)26-22-29(35)36/h3-4H,2,5-26H2,1H3,(H2-,31,32,33,34,35,36)/b4-3+. The summed E-state index contributed by atoms with van der Waals surface area (Å²) in [5.74, 6) is -3.08. The van der Waals surface area contributed by atoms with Crippen LogP contribution in [0.3, 0.4) is 0 Å². The number of rotatable bonds is 27. The van der Waals surface area contributed by atoms with Gasteiger partial charge in [0.05, 0.1) is 39.0 Å². The lowest BCUT2D eigenvalue weighted by Gasteiger charge is -2.38. The van der Waals surface area contributed by atoms with Crippen molar-refractivity contribution in [3.8, 4) is 0 Å². The smallest absolute Gasteiger partial charge is 0.309 e. The molecule has 0 saturated heterocycles. The zero-order valence-electron chi connectivity index (χ0n) is 22.9. The van der Waals surface area contributed by atoms with Crippen LogP contribution in [0.15, 0.2) is 12.2 Å². The maximum atomic E-state index is 11.1. The number of unbranched alkanes of at least 4 members (excludes halogenated alkanes) is 14. The van der Waals surface area contributed by atoms with Crippen molar-refractivity contribution in [2.45, 2.75) is 129 Å². The van der Waals surface area contributed by atoms with E-state index in [1.165, 1.54) is 77.0 Å². The number of aliphatic carboxylic acids is 3. The highest BCUT2D eigenvalue weighted by atomic mass is 16.4. The molecule has 0 amide bonds. The van der Waals surface area contributed by atoms with E-state index in [2.05, 4.69) is 19.1 Å². The van der Waals surface area contributed by atoms with Gasteiger partial charge in [0.2, 0.25) is 0 Å². The van der Waals surface area contributed by atoms with Crippen LogP contribution in [0.25, 0.3) is 0 Å². The van der Waals surface area contributed by atoms with Crippen molar-refractivity contribution >= 4 is 17.9 Å². The Balaban J connectivity index is 3.96. The molecule has 0 atom stereocenters. The highest BCUT2D eigenvalue weighted by Gasteiger charge is 2.28. The van der Waals surface area contributed by atoms with Crippen molar-refractivity contribution in [1.29, 1.82) is 0 Å². The zero-order chi connectivity index (χ0) is 26.9. The van der Waals surface area contributed by atoms with Gasteiger partial charge in [-0.05, 0) is 32.1 Å². The first-order chi connectivity index (χ1) is 17.3. The molecular weight excluding hydrogens is 458 g/mol. The maximum Gasteiger partial charge on any atom is 0.309 e. The van der Waals surface area contributed by atoms with Gasteiger partial charge in [-0.25, -0.2) is 0 Å². The lowest BCUT2D eigenvalue weighted by Crippen LogP contribution is -2.53. The van der Waals surface area contributed by atoms with Crippen LogP contribution in [0.4, 0.5) is 0 Å². The van der Waals surface area contributed by atoms with Gasteiger partial charge in [0, 0.05) is 12.4 Å². The molecule has 0 aromatic carbocycles. The maximum absolute atomic E-state index is 11.1. The molecule has 0 aromatic rings. The Morgan fingerprint density at radius 3 is 1.36 bits per heavy atom. The van der Waals surface area contributed by atoms with Gasteiger partial charge in [-0.1, -0.05) is 89.7 Å². The van der Waals surface area contributed by atoms with Gasteiger partial charge in [-0.2, -0.15) is 0 Å². The average molecular weight is 512 g/mol. The molecule has 0 heterocycles. The topological polar surface area (TPSA) is 115 Å². The molecule has 0 radical (unpaired) electrons. The summed E-state index contributed by atoms with van der Waals surface area (Å²) in [5.41, 5.74) is 0. The average Bonchev–Trinajstić information content (AvgIpc) is 2.83. The number of allylic oxidation sites excluding steroid dienone is 2. The minimum atomic E-state index is -1.18. The normalized spacial score (nSPS) is 11.8. The Hall–Kier alpha value is -1.89. The minimum absolute atomic E-state index is 0.0939. The van der Waals surface area contributed by atoms with Gasteiger partial charge in [-0.3, -0.25) is 9.59 Å². The van der Waals surface area contributed by atoms with Gasteiger partial charge < -0.3 is 24.6 Å². The predicted octanol–water partition coefficient (Wildman–Crippen LogP) is 5.71. The van der Waals surface area contributed by atoms with Crippen LogP contribution in [-0.4, -0.2) is 58.8 Å². The van der Waals surface area contributed by atoms with Gasteiger partial charge in [0.15, 0.2) is 0 Å². The first kappa shape index (κ1) is 34.1. The van der Waals surface area contributed by atoms with Gasteiger partial charge >= 0.3 is 11.9 Å². The third-order valence-corrected chi connectivity index (χ3v) is 7.05. The number of hydrogen-bond acceptors (Lipinski definition) is 4. The molecule has 0 rings (SSSR count).